The lowest BCUT2D eigenvalue weighted by Gasteiger charge is -2.15. The number of nitrogens with zero attached hydrogens (tertiary/aromatic N) is 1. The number of thioether (sulfide) groups is 1. The number of methoxy groups -OCH3 is 4. The molecule has 1 N–H and O–H groups in total. The van der Waals surface area contributed by atoms with Crippen LogP contribution in [0.4, 0.5) is 0 Å². The summed E-state index contributed by atoms with van der Waals surface area (Å²) in [4.78, 5) is 26.8. The van der Waals surface area contributed by atoms with Crippen molar-refractivity contribution in [1.29, 1.82) is 0 Å². The van der Waals surface area contributed by atoms with Crippen molar-refractivity contribution in [3.63, 3.8) is 0 Å². The van der Waals surface area contributed by atoms with Gasteiger partial charge in [0.1, 0.15) is 9.88 Å². The lowest BCUT2D eigenvalue weighted by Crippen LogP contribution is -2.30. The number of carboxylic acid groups (broad SMARTS) is 1. The molecule has 0 saturated carbocycles. The smallest absolute Gasteiger partial charge is 0.340 e. The van der Waals surface area contributed by atoms with Crippen LogP contribution in [0.5, 0.6) is 23.0 Å². The number of hydrogen-bond acceptors (Lipinski definition) is 8. The Kier molecular flexibility index (Phi) is 7.83. The van der Waals surface area contributed by atoms with Crippen molar-refractivity contribution in [2.45, 2.75) is 6.42 Å². The summed E-state index contributed by atoms with van der Waals surface area (Å²) in [6.07, 6.45) is 2.07. The van der Waals surface area contributed by atoms with Crippen LogP contribution in [0.25, 0.3) is 6.08 Å². The Hall–Kier alpha value is -3.24. The molecule has 10 heteroatoms. The quantitative estimate of drug-likeness (QED) is 0.416. The van der Waals surface area contributed by atoms with Crippen molar-refractivity contribution in [2.75, 3.05) is 35.0 Å². The van der Waals surface area contributed by atoms with E-state index in [0.717, 1.165) is 17.3 Å². The summed E-state index contributed by atoms with van der Waals surface area (Å²) in [7, 11) is 5.92. The first-order chi connectivity index (χ1) is 15.8. The number of aromatic carboxylic acids is 1. The second kappa shape index (κ2) is 10.6. The van der Waals surface area contributed by atoms with Gasteiger partial charge >= 0.3 is 5.97 Å². The van der Waals surface area contributed by atoms with Gasteiger partial charge in [-0.2, -0.15) is 0 Å². The Morgan fingerprint density at radius 2 is 1.70 bits per heavy atom. The molecule has 1 aliphatic rings. The normalized spacial score (nSPS) is 14.5. The Morgan fingerprint density at radius 1 is 1.03 bits per heavy atom. The van der Waals surface area contributed by atoms with Crippen molar-refractivity contribution in [3.05, 3.63) is 51.9 Å². The first-order valence-corrected chi connectivity index (χ1v) is 11.0. The van der Waals surface area contributed by atoms with Gasteiger partial charge < -0.3 is 24.1 Å². The lowest BCUT2D eigenvalue weighted by atomic mass is 10.0. The monoisotopic (exact) mass is 489 g/mol. The maximum absolute atomic E-state index is 13.0. The van der Waals surface area contributed by atoms with E-state index in [2.05, 4.69) is 0 Å². The predicted molar refractivity (Wildman–Crippen MR) is 130 cm³/mol. The molecule has 1 fully saturated rings. The van der Waals surface area contributed by atoms with E-state index in [9.17, 15) is 14.7 Å². The average Bonchev–Trinajstić information content (AvgIpc) is 3.08. The fraction of sp³-hybridized carbons (Fsp3) is 0.261. The number of carbonyl (C=O) groups is 2. The average molecular weight is 490 g/mol. The number of amides is 1. The van der Waals surface area contributed by atoms with Gasteiger partial charge in [-0.3, -0.25) is 9.69 Å². The summed E-state index contributed by atoms with van der Waals surface area (Å²) in [6.45, 7) is 0.370. The largest absolute Gasteiger partial charge is 0.493 e. The van der Waals surface area contributed by atoms with Gasteiger partial charge in [-0.15, -0.1) is 0 Å². The van der Waals surface area contributed by atoms with Crippen LogP contribution in [0.15, 0.2) is 35.2 Å². The minimum absolute atomic E-state index is 0.0858. The van der Waals surface area contributed by atoms with Gasteiger partial charge in [0.2, 0.25) is 0 Å². The molecule has 1 amide bonds. The third-order valence-electron chi connectivity index (χ3n) is 5.02. The first kappa shape index (κ1) is 24.4. The van der Waals surface area contributed by atoms with Crippen LogP contribution in [0, 0.1) is 0 Å². The lowest BCUT2D eigenvalue weighted by molar-refractivity contribution is -0.122. The molecule has 0 spiro atoms. The van der Waals surface area contributed by atoms with E-state index in [4.69, 9.17) is 31.2 Å². The molecule has 3 rings (SSSR count). The van der Waals surface area contributed by atoms with Crippen molar-refractivity contribution in [3.8, 4) is 23.0 Å². The standard InChI is InChI=1S/C23H23NO7S2/c1-28-15-7-5-13(11-17(15)30-3)9-10-24-21(25)18(33-23(24)32)12-14-6-8-16(29-2)20(31-4)19(14)22(26)27/h5-8,11-12H,9-10H2,1-4H3,(H,26,27)/b18-12+. The van der Waals surface area contributed by atoms with E-state index in [1.165, 1.54) is 25.2 Å². The summed E-state index contributed by atoms with van der Waals surface area (Å²) < 4.78 is 21.4. The Balaban J connectivity index is 1.84. The molecule has 2 aromatic rings. The van der Waals surface area contributed by atoms with Crippen molar-refractivity contribution in [1.82, 2.24) is 4.90 Å². The van der Waals surface area contributed by atoms with Gasteiger partial charge in [0.05, 0.1) is 33.3 Å². The number of carbonyl (C=O) groups excluding carboxylic acids is 1. The summed E-state index contributed by atoms with van der Waals surface area (Å²) in [5, 5.41) is 9.72. The van der Waals surface area contributed by atoms with Gasteiger partial charge in [-0.1, -0.05) is 36.1 Å². The van der Waals surface area contributed by atoms with Crippen LogP contribution >= 0.6 is 24.0 Å². The maximum atomic E-state index is 13.0. The van der Waals surface area contributed by atoms with Crippen LogP contribution in [0.2, 0.25) is 0 Å². The van der Waals surface area contributed by atoms with E-state index in [1.54, 1.807) is 26.4 Å². The van der Waals surface area contributed by atoms with Gasteiger partial charge in [-0.25, -0.2) is 4.79 Å². The molecule has 1 aliphatic heterocycles. The zero-order valence-corrected chi connectivity index (χ0v) is 20.2. The summed E-state index contributed by atoms with van der Waals surface area (Å²) in [5.41, 5.74) is 1.19. The van der Waals surface area contributed by atoms with Crippen LogP contribution < -0.4 is 18.9 Å². The second-order valence-corrected chi connectivity index (χ2v) is 8.52. The molecule has 8 nitrogen and oxygen atoms in total. The number of rotatable bonds is 9. The molecule has 0 aliphatic carbocycles. The Morgan fingerprint density at radius 3 is 2.30 bits per heavy atom. The predicted octanol–water partition coefficient (Wildman–Crippen LogP) is 3.86. The number of benzene rings is 2. The molecule has 1 saturated heterocycles. The third-order valence-corrected chi connectivity index (χ3v) is 6.40. The molecular formula is C23H23NO7S2. The molecule has 0 atom stereocenters. The summed E-state index contributed by atoms with van der Waals surface area (Å²) in [6, 6.07) is 8.73. The van der Waals surface area contributed by atoms with E-state index in [-0.39, 0.29) is 23.0 Å². The SMILES string of the molecule is COc1ccc(CCN2C(=O)/C(=C\c3ccc(OC)c(OC)c3C(=O)O)SC2=S)cc1OC. The molecule has 0 aromatic heterocycles. The summed E-state index contributed by atoms with van der Waals surface area (Å²) >= 11 is 6.54. The first-order valence-electron chi connectivity index (χ1n) is 9.79. The highest BCUT2D eigenvalue weighted by molar-refractivity contribution is 8.26. The van der Waals surface area contributed by atoms with Crippen molar-refractivity contribution < 1.29 is 33.6 Å². The van der Waals surface area contributed by atoms with Crippen LogP contribution in [-0.2, 0) is 11.2 Å². The molecular weight excluding hydrogens is 466 g/mol. The fourth-order valence-corrected chi connectivity index (χ4v) is 4.69. The van der Waals surface area contributed by atoms with E-state index >= 15 is 0 Å². The summed E-state index contributed by atoms with van der Waals surface area (Å²) in [5.74, 6) is 0.128. The zero-order chi connectivity index (χ0) is 24.1. The number of ether oxygens (including phenoxy) is 4. The molecule has 0 radical (unpaired) electrons. The van der Waals surface area contributed by atoms with E-state index < -0.39 is 5.97 Å². The molecule has 33 heavy (non-hydrogen) atoms. The van der Waals surface area contributed by atoms with Gasteiger partial charge in [0, 0.05) is 6.54 Å². The maximum Gasteiger partial charge on any atom is 0.340 e. The number of thiocarbonyl (C=S) groups is 1. The van der Waals surface area contributed by atoms with Crippen LogP contribution in [0.3, 0.4) is 0 Å². The van der Waals surface area contributed by atoms with Crippen LogP contribution in [0.1, 0.15) is 21.5 Å². The van der Waals surface area contributed by atoms with Gasteiger partial charge in [0.25, 0.3) is 5.91 Å². The Labute approximate surface area is 201 Å². The second-order valence-electron chi connectivity index (χ2n) is 6.84. The number of hydrogen-bond donors (Lipinski definition) is 1. The van der Waals surface area contributed by atoms with Crippen molar-refractivity contribution in [2.24, 2.45) is 0 Å². The van der Waals surface area contributed by atoms with Gasteiger partial charge in [0.15, 0.2) is 23.0 Å². The zero-order valence-electron chi connectivity index (χ0n) is 18.5. The van der Waals surface area contributed by atoms with Crippen LogP contribution in [-0.4, -0.2) is 61.2 Å². The highest BCUT2D eigenvalue weighted by Gasteiger charge is 2.32. The molecule has 174 valence electrons. The highest BCUT2D eigenvalue weighted by Crippen LogP contribution is 2.38. The molecule has 0 bridgehead atoms. The topological polar surface area (TPSA) is 94.5 Å². The Bertz CT molecular complexity index is 1130. The molecule has 2 aromatic carbocycles. The van der Waals surface area contributed by atoms with E-state index in [1.807, 2.05) is 18.2 Å². The van der Waals surface area contributed by atoms with Gasteiger partial charge in [-0.05, 0) is 41.8 Å². The minimum atomic E-state index is -1.19. The molecule has 0 unspecified atom stereocenters. The van der Waals surface area contributed by atoms with Crippen molar-refractivity contribution >= 4 is 46.3 Å². The fourth-order valence-electron chi connectivity index (χ4n) is 3.39. The number of carboxylic acids is 1. The minimum Gasteiger partial charge on any atom is -0.493 e. The highest BCUT2D eigenvalue weighted by atomic mass is 32.2. The molecule has 1 heterocycles. The third kappa shape index (κ3) is 5.07. The van der Waals surface area contributed by atoms with E-state index in [0.29, 0.717) is 39.3 Å².